The van der Waals surface area contributed by atoms with Gasteiger partial charge in [-0.3, -0.25) is 25.8 Å². The van der Waals surface area contributed by atoms with Crippen LogP contribution in [0.15, 0.2) is 42.5 Å². The Bertz CT molecular complexity index is 809. The zero-order valence-corrected chi connectivity index (χ0v) is 12.4. The lowest BCUT2D eigenvalue weighted by Crippen LogP contribution is -2.31. The Hall–Kier alpha value is -3.17. The van der Waals surface area contributed by atoms with Gasteiger partial charge in [0, 0.05) is 6.07 Å². The standard InChI is InChI=1S/C15H11F4N3O3/c16-11-4-2-1-3-9(11)7-14(23)21-20-12-6-5-10(15(17,18)19)8-13(12)22(24)25/h1-6,8,20H,7H2,(H,21,23). The van der Waals surface area contributed by atoms with Crippen LogP contribution in [0.5, 0.6) is 0 Å². The lowest BCUT2D eigenvalue weighted by atomic mass is 10.1. The summed E-state index contributed by atoms with van der Waals surface area (Å²) in [4.78, 5) is 21.7. The van der Waals surface area contributed by atoms with Crippen molar-refractivity contribution >= 4 is 17.3 Å². The molecular weight excluding hydrogens is 346 g/mol. The molecule has 0 atom stereocenters. The van der Waals surface area contributed by atoms with Gasteiger partial charge in [0.1, 0.15) is 11.5 Å². The number of alkyl halides is 3. The van der Waals surface area contributed by atoms with Gasteiger partial charge >= 0.3 is 6.18 Å². The number of nitro benzene ring substituents is 1. The highest BCUT2D eigenvalue weighted by Gasteiger charge is 2.33. The zero-order valence-electron chi connectivity index (χ0n) is 12.4. The van der Waals surface area contributed by atoms with Crippen LogP contribution in [-0.2, 0) is 17.4 Å². The maximum atomic E-state index is 13.4. The minimum absolute atomic E-state index is 0.101. The minimum atomic E-state index is -4.74. The van der Waals surface area contributed by atoms with E-state index in [0.717, 1.165) is 12.1 Å². The number of hydrogen-bond acceptors (Lipinski definition) is 4. The van der Waals surface area contributed by atoms with E-state index in [2.05, 4.69) is 10.9 Å². The highest BCUT2D eigenvalue weighted by atomic mass is 19.4. The Kier molecular flexibility index (Phi) is 5.20. The monoisotopic (exact) mass is 357 g/mol. The van der Waals surface area contributed by atoms with Crippen LogP contribution in [0, 0.1) is 15.9 Å². The molecule has 2 N–H and O–H groups in total. The number of anilines is 1. The smallest absolute Gasteiger partial charge is 0.292 e. The lowest BCUT2D eigenvalue weighted by Gasteiger charge is -2.11. The van der Waals surface area contributed by atoms with Crippen LogP contribution in [0.4, 0.5) is 28.9 Å². The molecule has 0 aliphatic heterocycles. The Morgan fingerprint density at radius 2 is 1.84 bits per heavy atom. The summed E-state index contributed by atoms with van der Waals surface area (Å²) in [5, 5.41) is 10.9. The van der Waals surface area contributed by atoms with Gasteiger partial charge in [-0.05, 0) is 23.8 Å². The number of carbonyl (C=O) groups is 1. The van der Waals surface area contributed by atoms with E-state index >= 15 is 0 Å². The number of benzene rings is 2. The fourth-order valence-electron chi connectivity index (χ4n) is 1.96. The molecule has 132 valence electrons. The first kappa shape index (κ1) is 18.2. The third kappa shape index (κ3) is 4.66. The van der Waals surface area contributed by atoms with Crippen molar-refractivity contribution in [1.29, 1.82) is 0 Å². The van der Waals surface area contributed by atoms with Crippen LogP contribution in [0.2, 0.25) is 0 Å². The molecule has 2 rings (SSSR count). The van der Waals surface area contributed by atoms with Crippen LogP contribution in [-0.4, -0.2) is 10.8 Å². The highest BCUT2D eigenvalue weighted by Crippen LogP contribution is 2.34. The molecule has 0 spiro atoms. The van der Waals surface area contributed by atoms with Crippen LogP contribution in [0.3, 0.4) is 0 Å². The third-order valence-electron chi connectivity index (χ3n) is 3.17. The van der Waals surface area contributed by atoms with Crippen LogP contribution in [0.25, 0.3) is 0 Å². The second kappa shape index (κ2) is 7.16. The van der Waals surface area contributed by atoms with Gasteiger partial charge in [-0.25, -0.2) is 4.39 Å². The molecule has 0 unspecified atom stereocenters. The van der Waals surface area contributed by atoms with Gasteiger partial charge in [-0.15, -0.1) is 0 Å². The van der Waals surface area contributed by atoms with E-state index in [1.807, 2.05) is 0 Å². The largest absolute Gasteiger partial charge is 0.416 e. The van der Waals surface area contributed by atoms with E-state index in [1.54, 1.807) is 0 Å². The molecule has 0 aliphatic rings. The molecular formula is C15H11F4N3O3. The van der Waals surface area contributed by atoms with Crippen molar-refractivity contribution in [2.24, 2.45) is 0 Å². The van der Waals surface area contributed by atoms with Crippen molar-refractivity contribution in [2.45, 2.75) is 12.6 Å². The van der Waals surface area contributed by atoms with E-state index in [0.29, 0.717) is 12.1 Å². The summed E-state index contributed by atoms with van der Waals surface area (Å²) in [7, 11) is 0. The van der Waals surface area contributed by atoms with E-state index in [9.17, 15) is 32.5 Å². The predicted molar refractivity (Wildman–Crippen MR) is 80.0 cm³/mol. The Labute approximate surface area is 138 Å². The number of nitro groups is 1. The molecule has 2 aromatic carbocycles. The molecule has 6 nitrogen and oxygen atoms in total. The number of hydrogen-bond donors (Lipinski definition) is 2. The Morgan fingerprint density at radius 3 is 2.44 bits per heavy atom. The highest BCUT2D eigenvalue weighted by molar-refractivity contribution is 5.80. The Morgan fingerprint density at radius 1 is 1.16 bits per heavy atom. The topological polar surface area (TPSA) is 84.3 Å². The predicted octanol–water partition coefficient (Wildman–Crippen LogP) is 3.44. The molecule has 1 amide bonds. The molecule has 0 bridgehead atoms. The van der Waals surface area contributed by atoms with E-state index in [1.165, 1.54) is 18.2 Å². The van der Waals surface area contributed by atoms with E-state index in [-0.39, 0.29) is 17.7 Å². The Balaban J connectivity index is 2.11. The molecule has 0 aromatic heterocycles. The zero-order chi connectivity index (χ0) is 18.6. The van der Waals surface area contributed by atoms with Gasteiger partial charge in [-0.2, -0.15) is 13.2 Å². The van der Waals surface area contributed by atoms with Gasteiger partial charge in [0.25, 0.3) is 5.69 Å². The summed E-state index contributed by atoms with van der Waals surface area (Å²) in [6.45, 7) is 0. The summed E-state index contributed by atoms with van der Waals surface area (Å²) in [5.41, 5.74) is 1.98. The molecule has 0 aliphatic carbocycles. The molecule has 2 aromatic rings. The van der Waals surface area contributed by atoms with Crippen LogP contribution in [0.1, 0.15) is 11.1 Å². The number of hydrazine groups is 1. The number of nitrogens with one attached hydrogen (secondary N) is 2. The average Bonchev–Trinajstić information content (AvgIpc) is 2.54. The molecule has 0 fully saturated rings. The third-order valence-corrected chi connectivity index (χ3v) is 3.17. The first-order chi connectivity index (χ1) is 11.7. The van der Waals surface area contributed by atoms with Crippen molar-refractivity contribution in [3.05, 3.63) is 69.5 Å². The van der Waals surface area contributed by atoms with Gasteiger partial charge in [0.15, 0.2) is 0 Å². The van der Waals surface area contributed by atoms with Gasteiger partial charge in [0.2, 0.25) is 5.91 Å². The van der Waals surface area contributed by atoms with Crippen molar-refractivity contribution < 1.29 is 27.3 Å². The summed E-state index contributed by atoms with van der Waals surface area (Å²) < 4.78 is 51.3. The van der Waals surface area contributed by atoms with Crippen molar-refractivity contribution in [3.8, 4) is 0 Å². The van der Waals surface area contributed by atoms with Crippen molar-refractivity contribution in [2.75, 3.05) is 5.43 Å². The quantitative estimate of drug-likeness (QED) is 0.488. The average molecular weight is 357 g/mol. The number of halogens is 4. The molecule has 0 heterocycles. The number of carbonyl (C=O) groups excluding carboxylic acids is 1. The van der Waals surface area contributed by atoms with Gasteiger partial charge in [-0.1, -0.05) is 18.2 Å². The molecule has 25 heavy (non-hydrogen) atoms. The second-order valence-electron chi connectivity index (χ2n) is 4.93. The number of amides is 1. The summed E-state index contributed by atoms with van der Waals surface area (Å²) in [6, 6.07) is 7.33. The van der Waals surface area contributed by atoms with Gasteiger partial charge in [0.05, 0.1) is 16.9 Å². The maximum absolute atomic E-state index is 13.4. The molecule has 10 heteroatoms. The normalized spacial score (nSPS) is 11.0. The van der Waals surface area contributed by atoms with Crippen molar-refractivity contribution in [3.63, 3.8) is 0 Å². The van der Waals surface area contributed by atoms with Crippen molar-refractivity contribution in [1.82, 2.24) is 5.43 Å². The number of nitrogens with zero attached hydrogens (tertiary/aromatic N) is 1. The van der Waals surface area contributed by atoms with Crippen LogP contribution < -0.4 is 10.9 Å². The molecule has 0 radical (unpaired) electrons. The maximum Gasteiger partial charge on any atom is 0.416 e. The van der Waals surface area contributed by atoms with Gasteiger partial charge < -0.3 is 0 Å². The lowest BCUT2D eigenvalue weighted by molar-refractivity contribution is -0.384. The first-order valence-electron chi connectivity index (χ1n) is 6.82. The van der Waals surface area contributed by atoms with Crippen LogP contribution >= 0.6 is 0 Å². The summed E-state index contributed by atoms with van der Waals surface area (Å²) >= 11 is 0. The summed E-state index contributed by atoms with van der Waals surface area (Å²) in [6.07, 6.45) is -5.09. The summed E-state index contributed by atoms with van der Waals surface area (Å²) in [5.74, 6) is -1.32. The minimum Gasteiger partial charge on any atom is -0.292 e. The van der Waals surface area contributed by atoms with E-state index in [4.69, 9.17) is 0 Å². The molecule has 0 saturated heterocycles. The molecule has 0 saturated carbocycles. The fraction of sp³-hybridized carbons (Fsp3) is 0.133. The number of rotatable bonds is 5. The second-order valence-corrected chi connectivity index (χ2v) is 4.93. The SMILES string of the molecule is O=C(Cc1ccccc1F)NNc1ccc(C(F)(F)F)cc1[N+](=O)[O-]. The first-order valence-corrected chi connectivity index (χ1v) is 6.82. The van der Waals surface area contributed by atoms with E-state index < -0.39 is 34.1 Å². The fourth-order valence-corrected chi connectivity index (χ4v) is 1.96.